The molecule has 1 aromatic heterocycles. The van der Waals surface area contributed by atoms with Crippen LogP contribution < -0.4 is 4.90 Å². The summed E-state index contributed by atoms with van der Waals surface area (Å²) < 4.78 is 7.44. The lowest BCUT2D eigenvalue weighted by atomic mass is 10.1. The Kier molecular flexibility index (Phi) is 9.43. The molecule has 0 atom stereocenters. The smallest absolute Gasteiger partial charge is 0.325 e. The van der Waals surface area contributed by atoms with Crippen LogP contribution in [0, 0.1) is 13.8 Å². The van der Waals surface area contributed by atoms with Crippen LogP contribution in [0.3, 0.4) is 0 Å². The summed E-state index contributed by atoms with van der Waals surface area (Å²) in [6, 6.07) is 15.0. The van der Waals surface area contributed by atoms with Crippen molar-refractivity contribution in [2.24, 2.45) is 0 Å². The van der Waals surface area contributed by atoms with Crippen LogP contribution in [0.4, 0.5) is 5.69 Å². The number of hydrogen-bond donors (Lipinski definition) is 0. The monoisotopic (exact) mass is 483 g/mol. The summed E-state index contributed by atoms with van der Waals surface area (Å²) in [5.74, 6) is -0.154. The van der Waals surface area contributed by atoms with Gasteiger partial charge in [-0.1, -0.05) is 43.7 Å². The third kappa shape index (κ3) is 6.13. The zero-order valence-electron chi connectivity index (χ0n) is 20.8. The highest BCUT2D eigenvalue weighted by Crippen LogP contribution is 2.25. The van der Waals surface area contributed by atoms with Gasteiger partial charge in [0.2, 0.25) is 0 Å². The average molecular weight is 484 g/mol. The van der Waals surface area contributed by atoms with Gasteiger partial charge in [0.15, 0.2) is 0 Å². The molecule has 34 heavy (non-hydrogen) atoms. The highest BCUT2D eigenvalue weighted by molar-refractivity contribution is 5.86. The Bertz CT molecular complexity index is 1090. The number of anilines is 1. The molecular weight excluding hydrogens is 446 g/mol. The Morgan fingerprint density at radius 3 is 2.53 bits per heavy atom. The molecule has 0 spiro atoms. The molecule has 1 fully saturated rings. The Morgan fingerprint density at radius 2 is 1.76 bits per heavy atom. The number of aromatic nitrogens is 1. The van der Waals surface area contributed by atoms with Crippen LogP contribution in [0.25, 0.3) is 10.9 Å². The second-order valence-electron chi connectivity index (χ2n) is 9.17. The van der Waals surface area contributed by atoms with E-state index in [0.29, 0.717) is 6.61 Å². The fraction of sp³-hybridized carbons (Fsp3) is 0.464. The van der Waals surface area contributed by atoms with E-state index in [4.69, 9.17) is 4.74 Å². The molecule has 2 heterocycles. The van der Waals surface area contributed by atoms with Gasteiger partial charge in [0.25, 0.3) is 0 Å². The van der Waals surface area contributed by atoms with Gasteiger partial charge in [0.05, 0.1) is 6.61 Å². The number of fused-ring (bicyclic) bond motifs is 1. The molecule has 2 aromatic carbocycles. The van der Waals surface area contributed by atoms with Crippen LogP contribution in [0.2, 0.25) is 0 Å². The topological polar surface area (TPSA) is 37.7 Å². The Labute approximate surface area is 210 Å². The molecular formula is C28H38ClN3O2. The molecule has 5 nitrogen and oxygen atoms in total. The molecule has 1 saturated heterocycles. The number of carbonyl (C=O) groups excluding carboxylic acids is 1. The number of para-hydroxylation sites is 1. The lowest BCUT2D eigenvalue weighted by Gasteiger charge is -2.37. The van der Waals surface area contributed by atoms with E-state index in [0.717, 1.165) is 57.5 Å². The van der Waals surface area contributed by atoms with Crippen molar-refractivity contribution in [2.45, 2.75) is 46.6 Å². The van der Waals surface area contributed by atoms with Gasteiger partial charge in [0, 0.05) is 55.5 Å². The number of esters is 1. The van der Waals surface area contributed by atoms with Crippen molar-refractivity contribution >= 4 is 35.0 Å². The van der Waals surface area contributed by atoms with Crippen molar-refractivity contribution in [1.29, 1.82) is 0 Å². The predicted octanol–water partition coefficient (Wildman–Crippen LogP) is 5.39. The maximum Gasteiger partial charge on any atom is 0.325 e. The third-order valence-electron chi connectivity index (χ3n) is 6.92. The first-order valence-electron chi connectivity index (χ1n) is 12.3. The Hall–Kier alpha value is -2.50. The van der Waals surface area contributed by atoms with Crippen LogP contribution in [-0.4, -0.2) is 54.8 Å². The molecule has 0 aliphatic carbocycles. The molecule has 6 heteroatoms. The number of carbonyl (C=O) groups is 1. The summed E-state index contributed by atoms with van der Waals surface area (Å²) >= 11 is 0. The quantitative estimate of drug-likeness (QED) is 0.302. The second-order valence-corrected chi connectivity index (χ2v) is 9.17. The van der Waals surface area contributed by atoms with E-state index in [1.807, 2.05) is 6.07 Å². The molecule has 0 amide bonds. The van der Waals surface area contributed by atoms with Crippen molar-refractivity contribution in [1.82, 2.24) is 9.47 Å². The van der Waals surface area contributed by atoms with Gasteiger partial charge in [-0.05, 0) is 55.5 Å². The van der Waals surface area contributed by atoms with Crippen molar-refractivity contribution in [3.63, 3.8) is 0 Å². The molecule has 1 aliphatic rings. The highest BCUT2D eigenvalue weighted by Gasteiger charge is 2.19. The lowest BCUT2D eigenvalue weighted by Crippen LogP contribution is -2.47. The van der Waals surface area contributed by atoms with Gasteiger partial charge >= 0.3 is 5.97 Å². The van der Waals surface area contributed by atoms with E-state index in [1.54, 1.807) is 0 Å². The summed E-state index contributed by atoms with van der Waals surface area (Å²) in [5, 5.41) is 1.24. The molecule has 1 aliphatic heterocycles. The first-order chi connectivity index (χ1) is 16.1. The number of hydrogen-bond acceptors (Lipinski definition) is 4. The summed E-state index contributed by atoms with van der Waals surface area (Å²) in [4.78, 5) is 17.4. The molecule has 0 bridgehead atoms. The Balaban J connectivity index is 0.00000324. The van der Waals surface area contributed by atoms with Crippen molar-refractivity contribution < 1.29 is 9.53 Å². The fourth-order valence-electron chi connectivity index (χ4n) is 4.74. The molecule has 4 rings (SSSR count). The van der Waals surface area contributed by atoms with Gasteiger partial charge < -0.3 is 14.2 Å². The third-order valence-corrected chi connectivity index (χ3v) is 6.92. The summed E-state index contributed by atoms with van der Waals surface area (Å²) in [5.41, 5.74) is 6.56. The minimum absolute atomic E-state index is 0. The van der Waals surface area contributed by atoms with Crippen LogP contribution in [-0.2, 0) is 22.5 Å². The van der Waals surface area contributed by atoms with E-state index in [9.17, 15) is 4.79 Å². The van der Waals surface area contributed by atoms with E-state index in [1.165, 1.54) is 27.8 Å². The van der Waals surface area contributed by atoms with Gasteiger partial charge in [-0.25, -0.2) is 0 Å². The predicted molar refractivity (Wildman–Crippen MR) is 143 cm³/mol. The van der Waals surface area contributed by atoms with Crippen molar-refractivity contribution in [3.05, 3.63) is 65.4 Å². The highest BCUT2D eigenvalue weighted by atomic mass is 35.5. The zero-order valence-corrected chi connectivity index (χ0v) is 21.6. The first-order valence-corrected chi connectivity index (χ1v) is 12.3. The number of rotatable bonds is 9. The van der Waals surface area contributed by atoms with Gasteiger partial charge in [-0.15, -0.1) is 12.4 Å². The minimum atomic E-state index is -0.154. The standard InChI is InChI=1S/C28H37N3O2.ClH/c1-4-5-19-33-28(32)21-31-20-24(25-10-6-7-11-27(25)31)13-14-29-15-17-30(18-16-29)26-12-8-9-22(2)23(26)3;/h6-12,20H,4-5,13-19,21H2,1-3H3;1H. The summed E-state index contributed by atoms with van der Waals surface area (Å²) in [7, 11) is 0. The molecule has 3 aromatic rings. The van der Waals surface area contributed by atoms with Crippen LogP contribution in [0.5, 0.6) is 0 Å². The molecule has 0 N–H and O–H groups in total. The van der Waals surface area contributed by atoms with Crippen LogP contribution in [0.15, 0.2) is 48.7 Å². The minimum Gasteiger partial charge on any atom is -0.464 e. The van der Waals surface area contributed by atoms with Crippen molar-refractivity contribution in [2.75, 3.05) is 44.2 Å². The fourth-order valence-corrected chi connectivity index (χ4v) is 4.74. The van der Waals surface area contributed by atoms with Crippen LogP contribution in [0.1, 0.15) is 36.5 Å². The number of benzene rings is 2. The molecule has 0 saturated carbocycles. The maximum absolute atomic E-state index is 12.3. The largest absolute Gasteiger partial charge is 0.464 e. The van der Waals surface area contributed by atoms with E-state index >= 15 is 0 Å². The van der Waals surface area contributed by atoms with Gasteiger partial charge in [-0.3, -0.25) is 9.69 Å². The number of halogens is 1. The van der Waals surface area contributed by atoms with E-state index in [2.05, 4.69) is 77.7 Å². The number of ether oxygens (including phenoxy) is 1. The second kappa shape index (κ2) is 12.3. The normalized spacial score (nSPS) is 14.3. The van der Waals surface area contributed by atoms with Crippen molar-refractivity contribution in [3.8, 4) is 0 Å². The molecule has 0 radical (unpaired) electrons. The number of piperazine rings is 1. The Morgan fingerprint density at radius 1 is 1.00 bits per heavy atom. The average Bonchev–Trinajstić information content (AvgIpc) is 3.17. The SMILES string of the molecule is CCCCOC(=O)Cn1cc(CCN2CCN(c3cccc(C)c3C)CC2)c2ccccc21.Cl. The molecule has 184 valence electrons. The number of nitrogens with zero attached hydrogens (tertiary/aromatic N) is 3. The maximum atomic E-state index is 12.3. The van der Waals surface area contributed by atoms with Gasteiger partial charge in [0.1, 0.15) is 6.54 Å². The zero-order chi connectivity index (χ0) is 23.2. The summed E-state index contributed by atoms with van der Waals surface area (Å²) in [6.07, 6.45) is 5.09. The van der Waals surface area contributed by atoms with Crippen LogP contribution >= 0.6 is 12.4 Å². The number of unbranched alkanes of at least 4 members (excludes halogenated alkanes) is 1. The van der Waals surface area contributed by atoms with E-state index in [-0.39, 0.29) is 24.9 Å². The number of aryl methyl sites for hydroxylation is 1. The van der Waals surface area contributed by atoms with E-state index < -0.39 is 0 Å². The van der Waals surface area contributed by atoms with Gasteiger partial charge in [-0.2, -0.15) is 0 Å². The summed E-state index contributed by atoms with van der Waals surface area (Å²) in [6.45, 7) is 12.6. The lowest BCUT2D eigenvalue weighted by molar-refractivity contribution is -0.144. The molecule has 0 unspecified atom stereocenters. The first kappa shape index (κ1) is 26.1.